The zero-order chi connectivity index (χ0) is 21.3. The Labute approximate surface area is 176 Å². The predicted molar refractivity (Wildman–Crippen MR) is 109 cm³/mol. The van der Waals surface area contributed by atoms with Crippen molar-refractivity contribution >= 4 is 17.6 Å². The number of allylic oxidation sites excluding steroid dienone is 1. The molecule has 1 atom stereocenters. The van der Waals surface area contributed by atoms with Crippen LogP contribution in [0.15, 0.2) is 78.2 Å². The van der Waals surface area contributed by atoms with Gasteiger partial charge in [-0.15, -0.1) is 0 Å². The highest BCUT2D eigenvalue weighted by molar-refractivity contribution is 6.31. The number of hydrogen-bond donors (Lipinski definition) is 1. The Kier molecular flexibility index (Phi) is 5.13. The van der Waals surface area contributed by atoms with Gasteiger partial charge in [-0.2, -0.15) is 5.26 Å². The number of benzene rings is 3. The second kappa shape index (κ2) is 7.90. The van der Waals surface area contributed by atoms with E-state index in [0.717, 1.165) is 0 Å². The largest absolute Gasteiger partial charge is 0.440 e. The molecule has 0 saturated heterocycles. The molecule has 0 unspecified atom stereocenters. The minimum absolute atomic E-state index is 0.0449. The lowest BCUT2D eigenvalue weighted by Gasteiger charge is -2.27. The van der Waals surface area contributed by atoms with Gasteiger partial charge in [-0.1, -0.05) is 41.9 Å². The molecule has 0 bridgehead atoms. The molecule has 3 aromatic carbocycles. The molecule has 0 radical (unpaired) electrons. The molecule has 0 aliphatic carbocycles. The smallest absolute Gasteiger partial charge is 0.343 e. The monoisotopic (exact) mass is 420 g/mol. The van der Waals surface area contributed by atoms with Crippen molar-refractivity contribution in [3.63, 3.8) is 0 Å². The summed E-state index contributed by atoms with van der Waals surface area (Å²) in [5.74, 6) is -1.67. The van der Waals surface area contributed by atoms with Crippen molar-refractivity contribution in [3.8, 4) is 17.6 Å². The highest BCUT2D eigenvalue weighted by atomic mass is 35.5. The van der Waals surface area contributed by atoms with Crippen molar-refractivity contribution in [3.05, 3.63) is 106 Å². The van der Waals surface area contributed by atoms with Gasteiger partial charge in [0.1, 0.15) is 29.0 Å². The Morgan fingerprint density at radius 1 is 1.13 bits per heavy atom. The van der Waals surface area contributed by atoms with Gasteiger partial charge in [-0.05, 0) is 30.3 Å². The Hall–Kier alpha value is -3.82. The topological polar surface area (TPSA) is 85.3 Å². The van der Waals surface area contributed by atoms with Crippen LogP contribution < -0.4 is 15.2 Å². The van der Waals surface area contributed by atoms with Crippen LogP contribution in [-0.4, -0.2) is 5.97 Å². The van der Waals surface area contributed by atoms with E-state index in [4.69, 9.17) is 26.8 Å². The van der Waals surface area contributed by atoms with Crippen molar-refractivity contribution in [2.75, 3.05) is 0 Å². The molecule has 3 aromatic rings. The zero-order valence-corrected chi connectivity index (χ0v) is 16.2. The number of esters is 1. The number of carbonyl (C=O) groups is 1. The lowest BCUT2D eigenvalue weighted by molar-refractivity contribution is 0.0734. The van der Waals surface area contributed by atoms with Crippen LogP contribution in [-0.2, 0) is 0 Å². The van der Waals surface area contributed by atoms with E-state index < -0.39 is 17.7 Å². The zero-order valence-electron chi connectivity index (χ0n) is 15.4. The fourth-order valence-corrected chi connectivity index (χ4v) is 3.59. The number of rotatable bonds is 3. The number of fused-ring (bicyclic) bond motifs is 1. The third-order valence-corrected chi connectivity index (χ3v) is 5.03. The molecule has 4 rings (SSSR count). The molecule has 0 saturated carbocycles. The summed E-state index contributed by atoms with van der Waals surface area (Å²) in [7, 11) is 0. The quantitative estimate of drug-likeness (QED) is 0.480. The number of hydrogen-bond acceptors (Lipinski definition) is 5. The Bertz CT molecular complexity index is 1200. The normalized spacial score (nSPS) is 15.0. The molecular formula is C23H14ClFN2O3. The maximum absolute atomic E-state index is 14.6. The second-order valence-corrected chi connectivity index (χ2v) is 6.92. The van der Waals surface area contributed by atoms with Gasteiger partial charge in [0.15, 0.2) is 0 Å². The maximum Gasteiger partial charge on any atom is 0.343 e. The van der Waals surface area contributed by atoms with E-state index in [1.807, 2.05) is 6.07 Å². The Balaban J connectivity index is 1.76. The van der Waals surface area contributed by atoms with Gasteiger partial charge in [0.25, 0.3) is 0 Å². The minimum Gasteiger partial charge on any atom is -0.440 e. The SMILES string of the molecule is N#CC1=C(N)Oc2cc(OC(=O)c3ccccc3)ccc2[C@@H]1c1c(F)cccc1Cl. The molecule has 1 heterocycles. The van der Waals surface area contributed by atoms with Gasteiger partial charge >= 0.3 is 5.97 Å². The average Bonchev–Trinajstić information content (AvgIpc) is 2.74. The molecule has 148 valence electrons. The highest BCUT2D eigenvalue weighted by Crippen LogP contribution is 2.46. The van der Waals surface area contributed by atoms with Gasteiger partial charge in [0, 0.05) is 22.2 Å². The van der Waals surface area contributed by atoms with Crippen LogP contribution in [0, 0.1) is 17.1 Å². The van der Waals surface area contributed by atoms with Gasteiger partial charge in [0.2, 0.25) is 5.88 Å². The van der Waals surface area contributed by atoms with Crippen molar-refractivity contribution in [1.29, 1.82) is 5.26 Å². The Morgan fingerprint density at radius 3 is 2.60 bits per heavy atom. The number of nitriles is 1. The van der Waals surface area contributed by atoms with E-state index in [9.17, 15) is 14.4 Å². The number of carbonyl (C=O) groups excluding carboxylic acids is 1. The van der Waals surface area contributed by atoms with Crippen LogP contribution in [0.2, 0.25) is 5.02 Å². The highest BCUT2D eigenvalue weighted by Gasteiger charge is 2.34. The summed E-state index contributed by atoms with van der Waals surface area (Å²) in [5.41, 5.74) is 6.97. The minimum atomic E-state index is -0.855. The molecule has 5 nitrogen and oxygen atoms in total. The van der Waals surface area contributed by atoms with Gasteiger partial charge in [-0.25, -0.2) is 9.18 Å². The molecule has 2 N–H and O–H groups in total. The third-order valence-electron chi connectivity index (χ3n) is 4.70. The summed E-state index contributed by atoms with van der Waals surface area (Å²) in [5, 5.41) is 9.76. The van der Waals surface area contributed by atoms with Gasteiger partial charge in [0.05, 0.1) is 11.5 Å². The van der Waals surface area contributed by atoms with E-state index in [1.165, 1.54) is 24.3 Å². The van der Waals surface area contributed by atoms with Gasteiger partial charge in [-0.3, -0.25) is 0 Å². The fourth-order valence-electron chi connectivity index (χ4n) is 3.32. The van der Waals surface area contributed by atoms with Gasteiger partial charge < -0.3 is 15.2 Å². The lowest BCUT2D eigenvalue weighted by atomic mass is 9.83. The van der Waals surface area contributed by atoms with Crippen LogP contribution in [0.5, 0.6) is 11.5 Å². The molecule has 0 spiro atoms. The predicted octanol–water partition coefficient (Wildman–Crippen LogP) is 4.92. The first-order chi connectivity index (χ1) is 14.5. The Morgan fingerprint density at radius 2 is 1.90 bits per heavy atom. The maximum atomic E-state index is 14.6. The summed E-state index contributed by atoms with van der Waals surface area (Å²) in [4.78, 5) is 12.3. The van der Waals surface area contributed by atoms with Crippen molar-refractivity contribution in [2.45, 2.75) is 5.92 Å². The van der Waals surface area contributed by atoms with E-state index in [-0.39, 0.29) is 33.5 Å². The van der Waals surface area contributed by atoms with E-state index in [0.29, 0.717) is 11.1 Å². The number of nitrogens with zero attached hydrogens (tertiary/aromatic N) is 1. The molecule has 7 heteroatoms. The molecule has 1 aliphatic heterocycles. The number of nitrogens with two attached hydrogens (primary N) is 1. The molecule has 1 aliphatic rings. The van der Waals surface area contributed by atoms with E-state index in [1.54, 1.807) is 42.5 Å². The summed E-state index contributed by atoms with van der Waals surface area (Å²) in [6.07, 6.45) is 0. The molecule has 0 amide bonds. The summed E-state index contributed by atoms with van der Waals surface area (Å²) >= 11 is 6.24. The van der Waals surface area contributed by atoms with Crippen LogP contribution in [0.25, 0.3) is 0 Å². The van der Waals surface area contributed by atoms with Crippen LogP contribution >= 0.6 is 11.6 Å². The van der Waals surface area contributed by atoms with E-state index in [2.05, 4.69) is 0 Å². The average molecular weight is 421 g/mol. The van der Waals surface area contributed by atoms with Crippen molar-refractivity contribution < 1.29 is 18.7 Å². The summed E-state index contributed by atoms with van der Waals surface area (Å²) < 4.78 is 25.6. The number of ether oxygens (including phenoxy) is 2. The second-order valence-electron chi connectivity index (χ2n) is 6.52. The lowest BCUT2D eigenvalue weighted by Crippen LogP contribution is -2.22. The molecular weight excluding hydrogens is 407 g/mol. The fraction of sp³-hybridized carbons (Fsp3) is 0.0435. The van der Waals surface area contributed by atoms with Crippen molar-refractivity contribution in [2.24, 2.45) is 5.73 Å². The number of halogens is 2. The van der Waals surface area contributed by atoms with Crippen LogP contribution in [0.1, 0.15) is 27.4 Å². The third kappa shape index (κ3) is 3.47. The standard InChI is InChI=1S/C23H14ClFN2O3/c24-17-7-4-8-18(25)21(17)20-15-10-9-14(11-19(15)30-22(27)16(20)12-26)29-23(28)13-5-2-1-3-6-13/h1-11,20H,27H2/t20-/m0/s1. The summed E-state index contributed by atoms with van der Waals surface area (Å²) in [6, 6.07) is 19.4. The first-order valence-electron chi connectivity index (χ1n) is 8.92. The van der Waals surface area contributed by atoms with Crippen LogP contribution in [0.4, 0.5) is 4.39 Å². The molecule has 0 fully saturated rings. The summed E-state index contributed by atoms with van der Waals surface area (Å²) in [6.45, 7) is 0. The molecule has 30 heavy (non-hydrogen) atoms. The van der Waals surface area contributed by atoms with Crippen LogP contribution in [0.3, 0.4) is 0 Å². The van der Waals surface area contributed by atoms with Crippen molar-refractivity contribution in [1.82, 2.24) is 0 Å². The molecule has 0 aromatic heterocycles. The first-order valence-corrected chi connectivity index (χ1v) is 9.30. The first kappa shape index (κ1) is 19.5. The van der Waals surface area contributed by atoms with E-state index >= 15 is 0 Å².